The number of hydrogen-bond donors (Lipinski definition) is 1. The second-order valence-corrected chi connectivity index (χ2v) is 7.55. The Balaban J connectivity index is 1.59. The molecular formula is C21H21Cl2N3O4. The Morgan fingerprint density at radius 3 is 2.90 bits per heavy atom. The number of rotatable bonds is 6. The molecule has 1 atom stereocenters. The van der Waals surface area contributed by atoms with E-state index in [1.165, 1.54) is 19.2 Å². The highest BCUT2D eigenvalue weighted by atomic mass is 35.5. The number of anilines is 1. The summed E-state index contributed by atoms with van der Waals surface area (Å²) in [5.41, 5.74) is 1.23. The third kappa shape index (κ3) is 6.45. The summed E-state index contributed by atoms with van der Waals surface area (Å²) in [5.74, 6) is 0.170. The fraction of sp³-hybridized carbons (Fsp3) is 0.286. The fourth-order valence-corrected chi connectivity index (χ4v) is 3.26. The van der Waals surface area contributed by atoms with Gasteiger partial charge in [0.25, 0.3) is 0 Å². The summed E-state index contributed by atoms with van der Waals surface area (Å²) in [6.07, 6.45) is 5.96. The van der Waals surface area contributed by atoms with Gasteiger partial charge >= 0.3 is 0 Å². The van der Waals surface area contributed by atoms with Crippen LogP contribution in [0.2, 0.25) is 10.0 Å². The number of hydrogen-bond acceptors (Lipinski definition) is 5. The summed E-state index contributed by atoms with van der Waals surface area (Å²) in [5, 5.41) is 3.69. The van der Waals surface area contributed by atoms with Crippen LogP contribution >= 0.6 is 23.2 Å². The molecule has 1 aliphatic heterocycles. The van der Waals surface area contributed by atoms with E-state index in [4.69, 9.17) is 32.7 Å². The Bertz CT molecular complexity index is 952. The summed E-state index contributed by atoms with van der Waals surface area (Å²) in [6, 6.07) is 6.75. The van der Waals surface area contributed by atoms with E-state index in [0.29, 0.717) is 46.7 Å². The smallest absolute Gasteiger partial charge is 0.246 e. The van der Waals surface area contributed by atoms with Gasteiger partial charge in [0.05, 0.1) is 24.4 Å². The average Bonchev–Trinajstić information content (AvgIpc) is 2.71. The predicted molar refractivity (Wildman–Crippen MR) is 116 cm³/mol. The van der Waals surface area contributed by atoms with Crippen LogP contribution in [-0.2, 0) is 14.3 Å². The average molecular weight is 450 g/mol. The Morgan fingerprint density at radius 2 is 2.13 bits per heavy atom. The van der Waals surface area contributed by atoms with Crippen LogP contribution in [0.15, 0.2) is 42.7 Å². The van der Waals surface area contributed by atoms with Crippen LogP contribution in [0.4, 0.5) is 5.69 Å². The zero-order valence-corrected chi connectivity index (χ0v) is 17.8. The summed E-state index contributed by atoms with van der Waals surface area (Å²) in [6.45, 7) is 2.99. The molecule has 1 saturated heterocycles. The number of benzene rings is 1. The van der Waals surface area contributed by atoms with E-state index in [1.807, 2.05) is 0 Å². The normalized spacial score (nSPS) is 16.5. The zero-order chi connectivity index (χ0) is 21.5. The molecule has 1 unspecified atom stereocenters. The van der Waals surface area contributed by atoms with Gasteiger partial charge < -0.3 is 19.7 Å². The van der Waals surface area contributed by atoms with Crippen molar-refractivity contribution in [3.63, 3.8) is 0 Å². The molecule has 1 aromatic carbocycles. The SMILES string of the molecule is CC(=O)Nc1cc(Cl)ccc1C=CC(=O)N1CCOC(COc2cncc(Cl)c2)C1. The van der Waals surface area contributed by atoms with Crippen molar-refractivity contribution in [1.29, 1.82) is 0 Å². The van der Waals surface area contributed by atoms with Crippen LogP contribution in [0, 0.1) is 0 Å². The zero-order valence-electron chi connectivity index (χ0n) is 16.3. The van der Waals surface area contributed by atoms with Gasteiger partial charge in [0, 0.05) is 42.5 Å². The minimum atomic E-state index is -0.263. The van der Waals surface area contributed by atoms with Gasteiger partial charge in [-0.2, -0.15) is 0 Å². The van der Waals surface area contributed by atoms with Crippen molar-refractivity contribution in [2.75, 3.05) is 31.6 Å². The molecule has 0 saturated carbocycles. The van der Waals surface area contributed by atoms with Crippen molar-refractivity contribution in [2.24, 2.45) is 0 Å². The minimum Gasteiger partial charge on any atom is -0.489 e. The lowest BCUT2D eigenvalue weighted by Gasteiger charge is -2.32. The number of pyridine rings is 1. The first-order chi connectivity index (χ1) is 14.4. The number of aromatic nitrogens is 1. The summed E-state index contributed by atoms with van der Waals surface area (Å²) in [7, 11) is 0. The maximum absolute atomic E-state index is 12.6. The Kier molecular flexibility index (Phi) is 7.68. The highest BCUT2D eigenvalue weighted by molar-refractivity contribution is 6.31. The quantitative estimate of drug-likeness (QED) is 0.680. The van der Waals surface area contributed by atoms with Gasteiger partial charge in [-0.3, -0.25) is 14.6 Å². The van der Waals surface area contributed by atoms with Gasteiger partial charge in [0.15, 0.2) is 0 Å². The fourth-order valence-electron chi connectivity index (χ4n) is 2.92. The highest BCUT2D eigenvalue weighted by Gasteiger charge is 2.23. The van der Waals surface area contributed by atoms with E-state index < -0.39 is 0 Å². The van der Waals surface area contributed by atoms with Crippen LogP contribution in [0.25, 0.3) is 6.08 Å². The molecule has 0 spiro atoms. The molecule has 30 heavy (non-hydrogen) atoms. The first kappa shape index (κ1) is 22.1. The number of morpholine rings is 1. The first-order valence-electron chi connectivity index (χ1n) is 9.30. The Labute approximate surface area is 184 Å². The molecule has 1 aliphatic rings. The molecule has 2 heterocycles. The van der Waals surface area contributed by atoms with Crippen molar-refractivity contribution in [3.05, 3.63) is 58.3 Å². The number of nitrogens with one attached hydrogen (secondary N) is 1. The van der Waals surface area contributed by atoms with Gasteiger partial charge in [0.1, 0.15) is 18.5 Å². The van der Waals surface area contributed by atoms with E-state index in [2.05, 4.69) is 10.3 Å². The molecule has 0 bridgehead atoms. The Morgan fingerprint density at radius 1 is 1.30 bits per heavy atom. The molecule has 0 aliphatic carbocycles. The number of amides is 2. The first-order valence-corrected chi connectivity index (χ1v) is 10.1. The van der Waals surface area contributed by atoms with E-state index in [0.717, 1.165) is 0 Å². The summed E-state index contributed by atoms with van der Waals surface area (Å²) in [4.78, 5) is 29.7. The minimum absolute atomic E-state index is 0.156. The summed E-state index contributed by atoms with van der Waals surface area (Å²) >= 11 is 11.9. The van der Waals surface area contributed by atoms with Crippen molar-refractivity contribution in [3.8, 4) is 5.75 Å². The lowest BCUT2D eigenvalue weighted by Crippen LogP contribution is -2.47. The van der Waals surface area contributed by atoms with Crippen LogP contribution in [0.1, 0.15) is 12.5 Å². The van der Waals surface area contributed by atoms with E-state index in [1.54, 1.807) is 41.4 Å². The van der Waals surface area contributed by atoms with Crippen LogP contribution in [-0.4, -0.2) is 54.1 Å². The van der Waals surface area contributed by atoms with Crippen molar-refractivity contribution >= 4 is 46.8 Å². The maximum atomic E-state index is 12.6. The topological polar surface area (TPSA) is 80.8 Å². The molecule has 1 aromatic heterocycles. The van der Waals surface area contributed by atoms with Crippen LogP contribution < -0.4 is 10.1 Å². The van der Waals surface area contributed by atoms with Crippen molar-refractivity contribution in [1.82, 2.24) is 9.88 Å². The molecule has 1 fully saturated rings. The highest BCUT2D eigenvalue weighted by Crippen LogP contribution is 2.23. The third-order valence-corrected chi connectivity index (χ3v) is 4.74. The standard InChI is InChI=1S/C21H21Cl2N3O4/c1-14(27)25-20-9-16(22)4-2-15(20)3-5-21(28)26-6-7-29-19(12-26)13-30-18-8-17(23)10-24-11-18/h2-5,8-11,19H,6-7,12-13H2,1H3,(H,25,27). The lowest BCUT2D eigenvalue weighted by atomic mass is 10.1. The monoisotopic (exact) mass is 449 g/mol. The molecule has 0 radical (unpaired) electrons. The number of carbonyl (C=O) groups is 2. The van der Waals surface area contributed by atoms with Gasteiger partial charge in [-0.1, -0.05) is 29.3 Å². The third-order valence-electron chi connectivity index (χ3n) is 4.30. The van der Waals surface area contributed by atoms with Crippen LogP contribution in [0.3, 0.4) is 0 Å². The largest absolute Gasteiger partial charge is 0.489 e. The van der Waals surface area contributed by atoms with Gasteiger partial charge in [-0.15, -0.1) is 0 Å². The van der Waals surface area contributed by atoms with Gasteiger partial charge in [0.2, 0.25) is 11.8 Å². The molecular weight excluding hydrogens is 429 g/mol. The second-order valence-electron chi connectivity index (χ2n) is 6.67. The van der Waals surface area contributed by atoms with Crippen LogP contribution in [0.5, 0.6) is 5.75 Å². The predicted octanol–water partition coefficient (Wildman–Crippen LogP) is 3.67. The maximum Gasteiger partial charge on any atom is 0.246 e. The van der Waals surface area contributed by atoms with Gasteiger partial charge in [-0.25, -0.2) is 0 Å². The number of ether oxygens (including phenoxy) is 2. The Hall–Kier alpha value is -2.61. The van der Waals surface area contributed by atoms with E-state index in [9.17, 15) is 9.59 Å². The molecule has 2 amide bonds. The van der Waals surface area contributed by atoms with Gasteiger partial charge in [-0.05, 0) is 23.8 Å². The number of nitrogens with zero attached hydrogens (tertiary/aromatic N) is 2. The molecule has 2 aromatic rings. The van der Waals surface area contributed by atoms with E-state index in [-0.39, 0.29) is 24.5 Å². The molecule has 1 N–H and O–H groups in total. The number of carbonyl (C=O) groups excluding carboxylic acids is 2. The second kappa shape index (κ2) is 10.4. The van der Waals surface area contributed by atoms with Crippen molar-refractivity contribution in [2.45, 2.75) is 13.0 Å². The molecule has 158 valence electrons. The summed E-state index contributed by atoms with van der Waals surface area (Å²) < 4.78 is 11.4. The van der Waals surface area contributed by atoms with Crippen molar-refractivity contribution < 1.29 is 19.1 Å². The number of halogens is 2. The molecule has 9 heteroatoms. The molecule has 3 rings (SSSR count). The lowest BCUT2D eigenvalue weighted by molar-refractivity contribution is -0.134. The molecule has 7 nitrogen and oxygen atoms in total. The van der Waals surface area contributed by atoms with E-state index >= 15 is 0 Å².